The lowest BCUT2D eigenvalue weighted by Gasteiger charge is -2.13. The summed E-state index contributed by atoms with van der Waals surface area (Å²) in [6.45, 7) is 7.15. The van der Waals surface area contributed by atoms with E-state index in [4.69, 9.17) is 0 Å². The quantitative estimate of drug-likeness (QED) is 0.761. The predicted molar refractivity (Wildman–Crippen MR) is 89.8 cm³/mol. The monoisotopic (exact) mass is 294 g/mol. The molecule has 0 atom stereocenters. The van der Waals surface area contributed by atoms with Crippen LogP contribution in [0.25, 0.3) is 0 Å². The van der Waals surface area contributed by atoms with Gasteiger partial charge in [-0.15, -0.1) is 0 Å². The number of carbonyl (C=O) groups is 2. The van der Waals surface area contributed by atoms with Gasteiger partial charge in [-0.3, -0.25) is 9.59 Å². The second kappa shape index (κ2) is 6.69. The molecule has 0 spiro atoms. The first kappa shape index (κ1) is 16.2. The van der Waals surface area contributed by atoms with E-state index in [0.717, 1.165) is 46.2 Å². The van der Waals surface area contributed by atoms with Crippen LogP contribution in [-0.2, 0) is 12.8 Å². The Kier molecular flexibility index (Phi) is 4.92. The van der Waals surface area contributed by atoms with E-state index in [0.29, 0.717) is 0 Å². The van der Waals surface area contributed by atoms with Crippen molar-refractivity contribution in [3.8, 4) is 0 Å². The van der Waals surface area contributed by atoms with E-state index in [1.54, 1.807) is 13.8 Å². The van der Waals surface area contributed by atoms with Crippen molar-refractivity contribution in [1.82, 2.24) is 0 Å². The van der Waals surface area contributed by atoms with Crippen LogP contribution >= 0.6 is 0 Å². The van der Waals surface area contributed by atoms with Gasteiger partial charge in [0.1, 0.15) is 0 Å². The molecule has 0 aromatic heterocycles. The molecule has 0 aliphatic heterocycles. The van der Waals surface area contributed by atoms with Gasteiger partial charge in [-0.25, -0.2) is 0 Å². The summed E-state index contributed by atoms with van der Waals surface area (Å²) >= 11 is 0. The molecular formula is C20H22O2. The fourth-order valence-electron chi connectivity index (χ4n) is 3.15. The minimum absolute atomic E-state index is 0.101. The molecule has 2 nitrogen and oxygen atoms in total. The highest BCUT2D eigenvalue weighted by Gasteiger charge is 2.13. The first-order chi connectivity index (χ1) is 10.4. The molecule has 0 bridgehead atoms. The SMILES string of the molecule is CC(=O)c1c(C)cccc1CCc1cccc(C)c1C(C)=O. The Morgan fingerprint density at radius 1 is 0.727 bits per heavy atom. The second-order valence-electron chi connectivity index (χ2n) is 5.83. The zero-order valence-electron chi connectivity index (χ0n) is 13.7. The van der Waals surface area contributed by atoms with E-state index < -0.39 is 0 Å². The van der Waals surface area contributed by atoms with Crippen molar-refractivity contribution in [2.24, 2.45) is 0 Å². The van der Waals surface area contributed by atoms with Gasteiger partial charge in [-0.05, 0) is 62.8 Å². The van der Waals surface area contributed by atoms with Crippen molar-refractivity contribution >= 4 is 11.6 Å². The Labute approximate surface area is 132 Å². The van der Waals surface area contributed by atoms with Crippen molar-refractivity contribution in [3.05, 3.63) is 69.8 Å². The number of aryl methyl sites for hydroxylation is 4. The third kappa shape index (κ3) is 3.33. The molecule has 2 heteroatoms. The van der Waals surface area contributed by atoms with Crippen molar-refractivity contribution in [1.29, 1.82) is 0 Å². The topological polar surface area (TPSA) is 34.1 Å². The lowest BCUT2D eigenvalue weighted by molar-refractivity contribution is 0.100. The van der Waals surface area contributed by atoms with Gasteiger partial charge in [0.15, 0.2) is 11.6 Å². The van der Waals surface area contributed by atoms with Crippen LogP contribution in [0.1, 0.15) is 56.8 Å². The molecule has 0 heterocycles. The zero-order chi connectivity index (χ0) is 16.3. The number of carbonyl (C=O) groups excluding carboxylic acids is 2. The zero-order valence-corrected chi connectivity index (χ0v) is 13.7. The molecule has 0 saturated carbocycles. The molecule has 2 rings (SSSR count). The van der Waals surface area contributed by atoms with E-state index in [1.165, 1.54) is 0 Å². The normalized spacial score (nSPS) is 10.5. The first-order valence-corrected chi connectivity index (χ1v) is 7.60. The largest absolute Gasteiger partial charge is 0.294 e. The molecule has 0 fully saturated rings. The van der Waals surface area contributed by atoms with Crippen LogP contribution in [0.3, 0.4) is 0 Å². The lowest BCUT2D eigenvalue weighted by Crippen LogP contribution is -2.07. The maximum absolute atomic E-state index is 11.9. The van der Waals surface area contributed by atoms with Gasteiger partial charge in [0.25, 0.3) is 0 Å². The third-order valence-corrected chi connectivity index (χ3v) is 4.09. The van der Waals surface area contributed by atoms with Crippen molar-refractivity contribution in [3.63, 3.8) is 0 Å². The van der Waals surface area contributed by atoms with E-state index in [-0.39, 0.29) is 11.6 Å². The molecular weight excluding hydrogens is 272 g/mol. The summed E-state index contributed by atoms with van der Waals surface area (Å²) in [5.74, 6) is 0.202. The van der Waals surface area contributed by atoms with E-state index in [1.807, 2.05) is 50.2 Å². The minimum Gasteiger partial charge on any atom is -0.294 e. The Bertz CT molecular complexity index is 663. The van der Waals surface area contributed by atoms with Gasteiger partial charge in [-0.2, -0.15) is 0 Å². The molecule has 2 aromatic rings. The Hall–Kier alpha value is -2.22. The number of Topliss-reactive ketones (excluding diaryl/α,β-unsaturated/α-hetero) is 2. The van der Waals surface area contributed by atoms with Gasteiger partial charge in [0.2, 0.25) is 0 Å². The van der Waals surface area contributed by atoms with Gasteiger partial charge in [-0.1, -0.05) is 36.4 Å². The Morgan fingerprint density at radius 3 is 1.41 bits per heavy atom. The van der Waals surface area contributed by atoms with Gasteiger partial charge >= 0.3 is 0 Å². The van der Waals surface area contributed by atoms with Crippen molar-refractivity contribution < 1.29 is 9.59 Å². The lowest BCUT2D eigenvalue weighted by atomic mass is 9.91. The van der Waals surface area contributed by atoms with Crippen LogP contribution < -0.4 is 0 Å². The van der Waals surface area contributed by atoms with Gasteiger partial charge in [0.05, 0.1) is 0 Å². The third-order valence-electron chi connectivity index (χ3n) is 4.09. The summed E-state index contributed by atoms with van der Waals surface area (Å²) in [5, 5.41) is 0. The van der Waals surface area contributed by atoms with Crippen LogP contribution in [0.5, 0.6) is 0 Å². The van der Waals surface area contributed by atoms with Crippen LogP contribution in [0.2, 0.25) is 0 Å². The maximum atomic E-state index is 11.9. The minimum atomic E-state index is 0.101. The smallest absolute Gasteiger partial charge is 0.160 e. The summed E-state index contributed by atoms with van der Waals surface area (Å²) in [7, 11) is 0. The second-order valence-corrected chi connectivity index (χ2v) is 5.83. The standard InChI is InChI=1S/C20H22O2/c1-13-7-5-9-17(19(13)15(3)21)11-12-18-10-6-8-14(2)20(18)16(4)22/h5-10H,11-12H2,1-4H3. The van der Waals surface area contributed by atoms with E-state index >= 15 is 0 Å². The summed E-state index contributed by atoms with van der Waals surface area (Å²) < 4.78 is 0. The fraction of sp³-hybridized carbons (Fsp3) is 0.300. The van der Waals surface area contributed by atoms with Crippen LogP contribution in [0.4, 0.5) is 0 Å². The molecule has 0 saturated heterocycles. The van der Waals surface area contributed by atoms with Crippen molar-refractivity contribution in [2.75, 3.05) is 0 Å². The van der Waals surface area contributed by atoms with E-state index in [9.17, 15) is 9.59 Å². The molecule has 22 heavy (non-hydrogen) atoms. The van der Waals surface area contributed by atoms with Gasteiger partial charge < -0.3 is 0 Å². The Morgan fingerprint density at radius 2 is 1.09 bits per heavy atom. The summed E-state index contributed by atoms with van der Waals surface area (Å²) in [6, 6.07) is 11.9. The molecule has 2 aromatic carbocycles. The molecule has 0 radical (unpaired) electrons. The number of rotatable bonds is 5. The number of hydrogen-bond donors (Lipinski definition) is 0. The highest BCUT2D eigenvalue weighted by molar-refractivity contribution is 5.97. The van der Waals surface area contributed by atoms with E-state index in [2.05, 4.69) is 0 Å². The average Bonchev–Trinajstić information content (AvgIpc) is 2.44. The highest BCUT2D eigenvalue weighted by Crippen LogP contribution is 2.20. The first-order valence-electron chi connectivity index (χ1n) is 7.60. The molecule has 0 unspecified atom stereocenters. The number of hydrogen-bond acceptors (Lipinski definition) is 2. The maximum Gasteiger partial charge on any atom is 0.160 e. The summed E-state index contributed by atoms with van der Waals surface area (Å²) in [4.78, 5) is 23.7. The Balaban J connectivity index is 2.33. The predicted octanol–water partition coefficient (Wildman–Crippen LogP) is 4.49. The van der Waals surface area contributed by atoms with Crippen molar-refractivity contribution in [2.45, 2.75) is 40.5 Å². The highest BCUT2D eigenvalue weighted by atomic mass is 16.1. The fourth-order valence-corrected chi connectivity index (χ4v) is 3.15. The van der Waals surface area contributed by atoms with Gasteiger partial charge in [0, 0.05) is 11.1 Å². The molecule has 114 valence electrons. The molecule has 0 aliphatic carbocycles. The van der Waals surface area contributed by atoms with Crippen LogP contribution in [0, 0.1) is 13.8 Å². The molecule has 0 amide bonds. The molecule has 0 N–H and O–H groups in total. The van der Waals surface area contributed by atoms with Crippen LogP contribution in [-0.4, -0.2) is 11.6 Å². The number of ketones is 2. The summed E-state index contributed by atoms with van der Waals surface area (Å²) in [5.41, 5.74) is 5.79. The van der Waals surface area contributed by atoms with Crippen LogP contribution in [0.15, 0.2) is 36.4 Å². The number of benzene rings is 2. The average molecular weight is 294 g/mol. The summed E-state index contributed by atoms with van der Waals surface area (Å²) in [6.07, 6.45) is 1.53. The molecule has 0 aliphatic rings.